The van der Waals surface area contributed by atoms with Gasteiger partial charge in [0.1, 0.15) is 5.76 Å². The van der Waals surface area contributed by atoms with Crippen LogP contribution >= 0.6 is 0 Å². The van der Waals surface area contributed by atoms with E-state index in [-0.39, 0.29) is 24.1 Å². The zero-order valence-corrected chi connectivity index (χ0v) is 14.8. The van der Waals surface area contributed by atoms with E-state index in [0.717, 1.165) is 5.56 Å². The first-order chi connectivity index (χ1) is 13.2. The molecule has 0 radical (unpaired) electrons. The summed E-state index contributed by atoms with van der Waals surface area (Å²) in [5, 5.41) is 9.13. The number of hydrogen-bond donors (Lipinski definition) is 2. The van der Waals surface area contributed by atoms with Crippen LogP contribution in [0.4, 0.5) is 0 Å². The SMILES string of the molecule is CNC(=O)c1ccc(CNC(=O)CCCc2nc(-c3cccnc3)no2)o1. The number of rotatable bonds is 8. The van der Waals surface area contributed by atoms with Crippen LogP contribution in [0.25, 0.3) is 11.4 Å². The molecule has 0 unspecified atom stereocenters. The highest BCUT2D eigenvalue weighted by atomic mass is 16.5. The first kappa shape index (κ1) is 18.3. The fraction of sp³-hybridized carbons (Fsp3) is 0.278. The summed E-state index contributed by atoms with van der Waals surface area (Å²) in [6.45, 7) is 0.224. The molecule has 2 N–H and O–H groups in total. The summed E-state index contributed by atoms with van der Waals surface area (Å²) >= 11 is 0. The third kappa shape index (κ3) is 5.00. The lowest BCUT2D eigenvalue weighted by Crippen LogP contribution is -2.22. The molecule has 0 aromatic carbocycles. The normalized spacial score (nSPS) is 10.6. The van der Waals surface area contributed by atoms with E-state index in [0.29, 0.717) is 36.7 Å². The molecular weight excluding hydrogens is 350 g/mol. The fourth-order valence-corrected chi connectivity index (χ4v) is 2.36. The Balaban J connectivity index is 1.40. The largest absolute Gasteiger partial charge is 0.454 e. The third-order valence-electron chi connectivity index (χ3n) is 3.75. The monoisotopic (exact) mass is 369 g/mol. The number of amides is 2. The number of hydrogen-bond acceptors (Lipinski definition) is 7. The summed E-state index contributed by atoms with van der Waals surface area (Å²) in [6, 6.07) is 6.87. The molecule has 0 bridgehead atoms. The lowest BCUT2D eigenvalue weighted by atomic mass is 10.2. The van der Waals surface area contributed by atoms with Gasteiger partial charge in [0, 0.05) is 37.8 Å². The average molecular weight is 369 g/mol. The van der Waals surface area contributed by atoms with Gasteiger partial charge in [0.15, 0.2) is 5.76 Å². The maximum Gasteiger partial charge on any atom is 0.286 e. The molecule has 0 aliphatic carbocycles. The number of aryl methyl sites for hydroxylation is 1. The van der Waals surface area contributed by atoms with Crippen molar-refractivity contribution in [2.45, 2.75) is 25.8 Å². The van der Waals surface area contributed by atoms with Crippen LogP contribution < -0.4 is 10.6 Å². The van der Waals surface area contributed by atoms with Crippen molar-refractivity contribution >= 4 is 11.8 Å². The molecule has 27 heavy (non-hydrogen) atoms. The van der Waals surface area contributed by atoms with Gasteiger partial charge in [-0.2, -0.15) is 4.98 Å². The summed E-state index contributed by atoms with van der Waals surface area (Å²) in [5.41, 5.74) is 0.778. The summed E-state index contributed by atoms with van der Waals surface area (Å²) in [6.07, 6.45) is 4.72. The fourth-order valence-electron chi connectivity index (χ4n) is 2.36. The van der Waals surface area contributed by atoms with E-state index < -0.39 is 0 Å². The number of carbonyl (C=O) groups excluding carboxylic acids is 2. The predicted octanol–water partition coefficient (Wildman–Crippen LogP) is 1.72. The molecule has 140 valence electrons. The zero-order chi connectivity index (χ0) is 19.1. The number of furan rings is 1. The van der Waals surface area contributed by atoms with E-state index in [4.69, 9.17) is 8.94 Å². The first-order valence-electron chi connectivity index (χ1n) is 8.46. The molecule has 2 amide bonds. The standard InChI is InChI=1S/C18H19N5O4/c1-19-18(25)14-8-7-13(26-14)11-21-15(24)5-2-6-16-22-17(23-27-16)12-4-3-9-20-10-12/h3-4,7-10H,2,5-6,11H2,1H3,(H,19,25)(H,21,24). The van der Waals surface area contributed by atoms with Crippen LogP contribution in [0.5, 0.6) is 0 Å². The van der Waals surface area contributed by atoms with Crippen molar-refractivity contribution < 1.29 is 18.5 Å². The van der Waals surface area contributed by atoms with Gasteiger partial charge in [-0.05, 0) is 30.7 Å². The second-order valence-electron chi connectivity index (χ2n) is 5.73. The van der Waals surface area contributed by atoms with Gasteiger partial charge in [-0.1, -0.05) is 5.16 Å². The Morgan fingerprint density at radius 2 is 2.11 bits per heavy atom. The van der Waals surface area contributed by atoms with E-state index in [1.54, 1.807) is 30.6 Å². The summed E-state index contributed by atoms with van der Waals surface area (Å²) in [5.74, 6) is 1.25. The van der Waals surface area contributed by atoms with E-state index in [2.05, 4.69) is 25.8 Å². The highest BCUT2D eigenvalue weighted by molar-refractivity contribution is 5.91. The molecule has 0 spiro atoms. The second kappa shape index (κ2) is 8.75. The predicted molar refractivity (Wildman–Crippen MR) is 94.4 cm³/mol. The topological polar surface area (TPSA) is 123 Å². The number of carbonyl (C=O) groups is 2. The maximum atomic E-state index is 11.9. The molecule has 3 aromatic rings. The van der Waals surface area contributed by atoms with Crippen LogP contribution in [0.2, 0.25) is 0 Å². The lowest BCUT2D eigenvalue weighted by Gasteiger charge is -2.02. The van der Waals surface area contributed by atoms with Gasteiger partial charge in [0.2, 0.25) is 17.6 Å². The smallest absolute Gasteiger partial charge is 0.286 e. The molecule has 0 saturated heterocycles. The zero-order valence-electron chi connectivity index (χ0n) is 14.8. The van der Waals surface area contributed by atoms with Crippen LogP contribution in [0, 0.1) is 0 Å². The van der Waals surface area contributed by atoms with Crippen molar-refractivity contribution in [3.63, 3.8) is 0 Å². The Hall–Kier alpha value is -3.49. The quantitative estimate of drug-likeness (QED) is 0.620. The van der Waals surface area contributed by atoms with E-state index in [1.165, 1.54) is 7.05 Å². The number of nitrogens with zero attached hydrogens (tertiary/aromatic N) is 3. The number of nitrogens with one attached hydrogen (secondary N) is 2. The molecule has 3 heterocycles. The molecule has 3 rings (SSSR count). The average Bonchev–Trinajstić information content (AvgIpc) is 3.36. The van der Waals surface area contributed by atoms with Crippen LogP contribution in [-0.2, 0) is 17.8 Å². The highest BCUT2D eigenvalue weighted by Crippen LogP contribution is 2.14. The van der Waals surface area contributed by atoms with Crippen LogP contribution in [-0.4, -0.2) is 34.0 Å². The molecule has 9 heteroatoms. The minimum Gasteiger partial charge on any atom is -0.454 e. The molecule has 9 nitrogen and oxygen atoms in total. The van der Waals surface area contributed by atoms with Gasteiger partial charge in [-0.15, -0.1) is 0 Å². The van der Waals surface area contributed by atoms with Crippen molar-refractivity contribution in [2.75, 3.05) is 7.05 Å². The molecule has 3 aromatic heterocycles. The van der Waals surface area contributed by atoms with Gasteiger partial charge in [0.25, 0.3) is 5.91 Å². The molecule has 0 aliphatic heterocycles. The molecule has 0 fully saturated rings. The number of aromatic nitrogens is 3. The highest BCUT2D eigenvalue weighted by Gasteiger charge is 2.11. The third-order valence-corrected chi connectivity index (χ3v) is 3.75. The van der Waals surface area contributed by atoms with Crippen molar-refractivity contribution in [3.05, 3.63) is 54.1 Å². The van der Waals surface area contributed by atoms with Gasteiger partial charge in [-0.3, -0.25) is 14.6 Å². The van der Waals surface area contributed by atoms with Crippen molar-refractivity contribution in [2.24, 2.45) is 0 Å². The Kier molecular flexibility index (Phi) is 5.93. The summed E-state index contributed by atoms with van der Waals surface area (Å²) < 4.78 is 10.5. The summed E-state index contributed by atoms with van der Waals surface area (Å²) in [7, 11) is 1.52. The Labute approximate surface area is 155 Å². The second-order valence-corrected chi connectivity index (χ2v) is 5.73. The van der Waals surface area contributed by atoms with Crippen LogP contribution in [0.3, 0.4) is 0 Å². The molecule has 0 saturated carbocycles. The van der Waals surface area contributed by atoms with Crippen LogP contribution in [0.15, 0.2) is 45.6 Å². The Morgan fingerprint density at radius 3 is 2.89 bits per heavy atom. The van der Waals surface area contributed by atoms with Gasteiger partial charge >= 0.3 is 0 Å². The van der Waals surface area contributed by atoms with Crippen LogP contribution in [0.1, 0.15) is 35.0 Å². The minimum absolute atomic E-state index is 0.125. The molecule has 0 atom stereocenters. The van der Waals surface area contributed by atoms with E-state index in [9.17, 15) is 9.59 Å². The van der Waals surface area contributed by atoms with Crippen molar-refractivity contribution in [1.82, 2.24) is 25.8 Å². The van der Waals surface area contributed by atoms with Crippen molar-refractivity contribution in [3.8, 4) is 11.4 Å². The molecular formula is C18H19N5O4. The van der Waals surface area contributed by atoms with Gasteiger partial charge in [0.05, 0.1) is 6.54 Å². The number of pyridine rings is 1. The lowest BCUT2D eigenvalue weighted by molar-refractivity contribution is -0.121. The van der Waals surface area contributed by atoms with Gasteiger partial charge in [-0.25, -0.2) is 0 Å². The van der Waals surface area contributed by atoms with Crippen molar-refractivity contribution in [1.29, 1.82) is 0 Å². The Bertz CT molecular complexity index is 903. The minimum atomic E-state index is -0.308. The van der Waals surface area contributed by atoms with E-state index in [1.807, 2.05) is 6.07 Å². The molecule has 0 aliphatic rings. The Morgan fingerprint density at radius 1 is 1.22 bits per heavy atom. The maximum absolute atomic E-state index is 11.9. The summed E-state index contributed by atoms with van der Waals surface area (Å²) in [4.78, 5) is 31.6. The van der Waals surface area contributed by atoms with E-state index >= 15 is 0 Å². The van der Waals surface area contributed by atoms with Gasteiger partial charge < -0.3 is 19.6 Å². The first-order valence-corrected chi connectivity index (χ1v) is 8.46.